The van der Waals surface area contributed by atoms with Crippen molar-refractivity contribution in [2.45, 2.75) is 25.7 Å². The molecule has 1 aliphatic rings. The summed E-state index contributed by atoms with van der Waals surface area (Å²) in [5.41, 5.74) is 1.19. The number of hydrogen-bond donors (Lipinski definition) is 3. The van der Waals surface area contributed by atoms with Crippen molar-refractivity contribution in [3.05, 3.63) is 22.4 Å². The van der Waals surface area contributed by atoms with Crippen molar-refractivity contribution in [2.75, 3.05) is 17.2 Å². The topological polar surface area (TPSA) is 78.5 Å². The summed E-state index contributed by atoms with van der Waals surface area (Å²) in [6, 6.07) is 2.04. The zero-order valence-corrected chi connectivity index (χ0v) is 12.2. The predicted octanol–water partition coefficient (Wildman–Crippen LogP) is 3.01. The quantitative estimate of drug-likeness (QED) is 0.788. The number of aromatic amines is 1. The van der Waals surface area contributed by atoms with Gasteiger partial charge in [0.1, 0.15) is 0 Å². The van der Waals surface area contributed by atoms with Gasteiger partial charge in [0.25, 0.3) is 0 Å². The molecule has 1 fully saturated rings. The Morgan fingerprint density at radius 1 is 1.47 bits per heavy atom. The second kappa shape index (κ2) is 5.16. The van der Waals surface area contributed by atoms with Gasteiger partial charge in [-0.1, -0.05) is 0 Å². The molecule has 19 heavy (non-hydrogen) atoms. The lowest BCUT2D eigenvalue weighted by Crippen LogP contribution is -2.04. The number of nitrogens with zero attached hydrogens (tertiary/aromatic N) is 3. The summed E-state index contributed by atoms with van der Waals surface area (Å²) in [6.07, 6.45) is 4.23. The van der Waals surface area contributed by atoms with Crippen molar-refractivity contribution >= 4 is 33.5 Å². The molecule has 7 heteroatoms. The van der Waals surface area contributed by atoms with Gasteiger partial charge in [0, 0.05) is 30.4 Å². The molecule has 6 nitrogen and oxygen atoms in total. The van der Waals surface area contributed by atoms with Crippen molar-refractivity contribution in [3.63, 3.8) is 0 Å². The van der Waals surface area contributed by atoms with E-state index in [2.05, 4.69) is 46.7 Å². The van der Waals surface area contributed by atoms with Crippen LogP contribution in [0.1, 0.15) is 31.4 Å². The third-order valence-corrected chi connectivity index (χ3v) is 3.52. The summed E-state index contributed by atoms with van der Waals surface area (Å²) in [7, 11) is 0. The number of halogens is 1. The maximum atomic E-state index is 4.39. The molecule has 0 amide bonds. The smallest absolute Gasteiger partial charge is 0.224 e. The van der Waals surface area contributed by atoms with Gasteiger partial charge >= 0.3 is 0 Å². The average molecular weight is 323 g/mol. The summed E-state index contributed by atoms with van der Waals surface area (Å²) in [4.78, 5) is 8.57. The SMILES string of the molecule is CCNc1ncc(Br)c(Nc2cc(C3CC3)[nH]n2)n1. The van der Waals surface area contributed by atoms with Crippen LogP contribution in [0, 0.1) is 0 Å². The lowest BCUT2D eigenvalue weighted by molar-refractivity contribution is 0.966. The lowest BCUT2D eigenvalue weighted by atomic mass is 10.3. The number of hydrogen-bond acceptors (Lipinski definition) is 5. The molecule has 0 saturated heterocycles. The van der Waals surface area contributed by atoms with Gasteiger partial charge in [-0.15, -0.1) is 0 Å². The largest absolute Gasteiger partial charge is 0.354 e. The van der Waals surface area contributed by atoms with E-state index in [1.807, 2.05) is 13.0 Å². The Morgan fingerprint density at radius 2 is 2.32 bits per heavy atom. The Labute approximate surface area is 119 Å². The summed E-state index contributed by atoms with van der Waals surface area (Å²) in [5, 5.41) is 13.6. The van der Waals surface area contributed by atoms with Crippen LogP contribution in [-0.2, 0) is 0 Å². The van der Waals surface area contributed by atoms with Gasteiger partial charge in [-0.05, 0) is 35.7 Å². The standard InChI is InChI=1S/C12H15BrN6/c1-2-14-12-15-6-8(13)11(17-12)16-10-5-9(18-19-10)7-3-4-7/h5-7H,2-4H2,1H3,(H3,14,15,16,17,18,19). The molecule has 3 rings (SSSR count). The van der Waals surface area contributed by atoms with Crippen LogP contribution >= 0.6 is 15.9 Å². The monoisotopic (exact) mass is 322 g/mol. The number of rotatable bonds is 5. The van der Waals surface area contributed by atoms with Gasteiger partial charge in [0.05, 0.1) is 4.47 Å². The molecule has 0 aliphatic heterocycles. The van der Waals surface area contributed by atoms with Crippen LogP contribution in [0.15, 0.2) is 16.7 Å². The average Bonchev–Trinajstić information content (AvgIpc) is 3.15. The van der Waals surface area contributed by atoms with Crippen molar-refractivity contribution in [1.29, 1.82) is 0 Å². The molecule has 0 spiro atoms. The van der Waals surface area contributed by atoms with Gasteiger partial charge in [-0.25, -0.2) is 4.98 Å². The Morgan fingerprint density at radius 3 is 3.05 bits per heavy atom. The maximum Gasteiger partial charge on any atom is 0.224 e. The van der Waals surface area contributed by atoms with E-state index < -0.39 is 0 Å². The zero-order valence-electron chi connectivity index (χ0n) is 10.6. The maximum absolute atomic E-state index is 4.39. The van der Waals surface area contributed by atoms with Crippen molar-refractivity contribution < 1.29 is 0 Å². The fraction of sp³-hybridized carbons (Fsp3) is 0.417. The summed E-state index contributed by atoms with van der Waals surface area (Å²) in [6.45, 7) is 2.80. The van der Waals surface area contributed by atoms with Gasteiger partial charge in [-0.3, -0.25) is 5.10 Å². The van der Waals surface area contributed by atoms with E-state index >= 15 is 0 Å². The molecule has 2 aromatic heterocycles. The fourth-order valence-electron chi connectivity index (χ4n) is 1.82. The number of anilines is 3. The molecular formula is C12H15BrN6. The molecule has 0 unspecified atom stereocenters. The highest BCUT2D eigenvalue weighted by atomic mass is 79.9. The van der Waals surface area contributed by atoms with E-state index in [-0.39, 0.29) is 0 Å². The van der Waals surface area contributed by atoms with E-state index in [0.717, 1.165) is 16.8 Å². The third kappa shape index (κ3) is 2.86. The minimum Gasteiger partial charge on any atom is -0.354 e. The second-order valence-corrected chi connectivity index (χ2v) is 5.38. The summed E-state index contributed by atoms with van der Waals surface area (Å²) < 4.78 is 0.810. The van der Waals surface area contributed by atoms with E-state index in [4.69, 9.17) is 0 Å². The zero-order chi connectivity index (χ0) is 13.2. The van der Waals surface area contributed by atoms with Crippen LogP contribution in [0.3, 0.4) is 0 Å². The number of nitrogens with one attached hydrogen (secondary N) is 3. The minimum atomic E-state index is 0.603. The molecule has 1 aliphatic carbocycles. The normalized spacial score (nSPS) is 14.4. The molecule has 2 aromatic rings. The Bertz CT molecular complexity index is 577. The molecule has 0 bridgehead atoms. The highest BCUT2D eigenvalue weighted by Crippen LogP contribution is 2.39. The predicted molar refractivity (Wildman–Crippen MR) is 77.7 cm³/mol. The molecule has 100 valence electrons. The van der Waals surface area contributed by atoms with E-state index in [0.29, 0.717) is 17.7 Å². The Hall–Kier alpha value is -1.63. The van der Waals surface area contributed by atoms with Crippen LogP contribution in [0.25, 0.3) is 0 Å². The Balaban J connectivity index is 1.78. The molecule has 0 aromatic carbocycles. The molecule has 1 saturated carbocycles. The number of aromatic nitrogens is 4. The van der Waals surface area contributed by atoms with Crippen molar-refractivity contribution in [3.8, 4) is 0 Å². The van der Waals surface area contributed by atoms with E-state index in [1.54, 1.807) is 6.20 Å². The highest BCUT2D eigenvalue weighted by Gasteiger charge is 2.25. The van der Waals surface area contributed by atoms with Crippen LogP contribution in [-0.4, -0.2) is 26.7 Å². The van der Waals surface area contributed by atoms with Crippen molar-refractivity contribution in [1.82, 2.24) is 20.2 Å². The van der Waals surface area contributed by atoms with Crippen LogP contribution < -0.4 is 10.6 Å². The first-order valence-electron chi connectivity index (χ1n) is 6.35. The second-order valence-electron chi connectivity index (χ2n) is 4.53. The first-order valence-corrected chi connectivity index (χ1v) is 7.14. The van der Waals surface area contributed by atoms with E-state index in [1.165, 1.54) is 18.5 Å². The molecule has 0 atom stereocenters. The first kappa shape index (κ1) is 12.4. The first-order chi connectivity index (χ1) is 9.26. The third-order valence-electron chi connectivity index (χ3n) is 2.94. The molecule has 2 heterocycles. The Kier molecular flexibility index (Phi) is 3.37. The fourth-order valence-corrected chi connectivity index (χ4v) is 2.11. The molecular weight excluding hydrogens is 308 g/mol. The van der Waals surface area contributed by atoms with Gasteiger partial charge < -0.3 is 10.6 Å². The van der Waals surface area contributed by atoms with E-state index in [9.17, 15) is 0 Å². The highest BCUT2D eigenvalue weighted by molar-refractivity contribution is 9.10. The van der Waals surface area contributed by atoms with Gasteiger partial charge in [0.2, 0.25) is 5.95 Å². The summed E-state index contributed by atoms with van der Waals surface area (Å²) in [5.74, 6) is 2.75. The molecule has 0 radical (unpaired) electrons. The van der Waals surface area contributed by atoms with Gasteiger partial charge in [-0.2, -0.15) is 10.1 Å². The van der Waals surface area contributed by atoms with Crippen LogP contribution in [0.5, 0.6) is 0 Å². The summed E-state index contributed by atoms with van der Waals surface area (Å²) >= 11 is 3.43. The minimum absolute atomic E-state index is 0.603. The van der Waals surface area contributed by atoms with Crippen molar-refractivity contribution in [2.24, 2.45) is 0 Å². The van der Waals surface area contributed by atoms with Crippen LogP contribution in [0.2, 0.25) is 0 Å². The number of H-pyrrole nitrogens is 1. The van der Waals surface area contributed by atoms with Crippen LogP contribution in [0.4, 0.5) is 17.6 Å². The van der Waals surface area contributed by atoms with Gasteiger partial charge in [0.15, 0.2) is 11.6 Å². The lowest BCUT2D eigenvalue weighted by Gasteiger charge is -2.07. The molecule has 3 N–H and O–H groups in total.